The molecule has 0 aromatic carbocycles. The second-order valence-corrected chi connectivity index (χ2v) is 10.7. The van der Waals surface area contributed by atoms with E-state index >= 15 is 0 Å². The van der Waals surface area contributed by atoms with Gasteiger partial charge in [-0.25, -0.2) is 19.2 Å². The summed E-state index contributed by atoms with van der Waals surface area (Å²) in [5.74, 6) is -3.29. The first kappa shape index (κ1) is 43.5. The van der Waals surface area contributed by atoms with Crippen molar-refractivity contribution in [3.63, 3.8) is 0 Å². The van der Waals surface area contributed by atoms with Crippen molar-refractivity contribution in [1.29, 1.82) is 0 Å². The molecule has 0 aliphatic rings. The second kappa shape index (κ2) is 22.9. The Kier molecular flexibility index (Phi) is 21.2. The van der Waals surface area contributed by atoms with E-state index in [2.05, 4.69) is 26.3 Å². The van der Waals surface area contributed by atoms with Crippen molar-refractivity contribution in [3.8, 4) is 0 Å². The summed E-state index contributed by atoms with van der Waals surface area (Å²) in [5.41, 5.74) is 0.177. The van der Waals surface area contributed by atoms with Gasteiger partial charge in [0.25, 0.3) is 0 Å². The zero-order valence-electron chi connectivity index (χ0n) is 27.3. The number of esters is 4. The van der Waals surface area contributed by atoms with Crippen LogP contribution in [0.2, 0.25) is 0 Å². The highest BCUT2D eigenvalue weighted by Gasteiger charge is 2.40. The molecule has 0 saturated carbocycles. The number of aliphatic hydroxyl groups is 5. The van der Waals surface area contributed by atoms with Crippen LogP contribution in [0.1, 0.15) is 27.7 Å². The molecule has 47 heavy (non-hydrogen) atoms. The molecule has 0 aliphatic carbocycles. The number of rotatable bonds is 25. The monoisotopic (exact) mass is 676 g/mol. The first-order valence-electron chi connectivity index (χ1n) is 14.4. The minimum absolute atomic E-state index is 0.0727. The van der Waals surface area contributed by atoms with Gasteiger partial charge in [0.1, 0.15) is 56.4 Å². The second-order valence-electron chi connectivity index (χ2n) is 10.7. The molecule has 16 heteroatoms. The maximum atomic E-state index is 12.5. The molecule has 0 amide bonds. The highest BCUT2D eigenvalue weighted by atomic mass is 16.6. The summed E-state index contributed by atoms with van der Waals surface area (Å²) in [6.07, 6.45) is -10.7. The third-order valence-electron chi connectivity index (χ3n) is 5.69. The standard InChI is InChI=1S/C31H48O16/c1-17(2)28(37)44-13-21(33)10-41-16-25(42-11-22(34)14-45-29(38)18(3)4)27(26(24(36)9-32)47-31(40)20(7)8)43-12-23(35)15-46-30(39)19(5)6/h21-27,32-36H,1,3,5,7,9-16H2,2,4,6,8H3. The molecule has 0 aromatic heterocycles. The van der Waals surface area contributed by atoms with Crippen molar-refractivity contribution >= 4 is 23.9 Å². The van der Waals surface area contributed by atoms with E-state index in [0.29, 0.717) is 0 Å². The average molecular weight is 677 g/mol. The van der Waals surface area contributed by atoms with E-state index in [1.807, 2.05) is 0 Å². The van der Waals surface area contributed by atoms with Crippen LogP contribution in [0.4, 0.5) is 0 Å². The van der Waals surface area contributed by atoms with Crippen LogP contribution in [0.3, 0.4) is 0 Å². The SMILES string of the molecule is C=C(C)C(=O)OCC(O)COCC(OCC(O)COC(=O)C(=C)C)C(OCC(O)COC(=O)C(=C)C)C(OC(=O)C(=C)C)C(O)CO. The molecule has 0 bridgehead atoms. The van der Waals surface area contributed by atoms with E-state index in [-0.39, 0.29) is 22.3 Å². The molecule has 7 atom stereocenters. The fourth-order valence-electron chi connectivity index (χ4n) is 3.15. The Hall–Kier alpha value is -3.48. The number of hydrogen-bond donors (Lipinski definition) is 5. The molecule has 0 aliphatic heterocycles. The first-order chi connectivity index (χ1) is 21.9. The van der Waals surface area contributed by atoms with E-state index in [0.717, 1.165) is 0 Å². The average Bonchev–Trinajstić information content (AvgIpc) is 3.01. The van der Waals surface area contributed by atoms with Crippen LogP contribution in [0.15, 0.2) is 48.6 Å². The maximum Gasteiger partial charge on any atom is 0.333 e. The summed E-state index contributed by atoms with van der Waals surface area (Å²) in [6.45, 7) is 14.8. The Morgan fingerprint density at radius 1 is 0.532 bits per heavy atom. The van der Waals surface area contributed by atoms with Gasteiger partial charge < -0.3 is 58.7 Å². The van der Waals surface area contributed by atoms with Crippen molar-refractivity contribution in [1.82, 2.24) is 0 Å². The van der Waals surface area contributed by atoms with Gasteiger partial charge in [-0.1, -0.05) is 26.3 Å². The third kappa shape index (κ3) is 18.4. The molecular weight excluding hydrogens is 628 g/mol. The van der Waals surface area contributed by atoms with Gasteiger partial charge in [0.15, 0.2) is 6.10 Å². The molecule has 0 spiro atoms. The zero-order chi connectivity index (χ0) is 36.3. The zero-order valence-corrected chi connectivity index (χ0v) is 27.3. The van der Waals surface area contributed by atoms with Gasteiger partial charge in [-0.2, -0.15) is 0 Å². The Morgan fingerprint density at radius 2 is 0.915 bits per heavy atom. The van der Waals surface area contributed by atoms with Gasteiger partial charge in [0, 0.05) is 22.3 Å². The van der Waals surface area contributed by atoms with Crippen molar-refractivity contribution in [3.05, 3.63) is 48.6 Å². The lowest BCUT2D eigenvalue weighted by Crippen LogP contribution is -2.53. The van der Waals surface area contributed by atoms with E-state index < -0.39 is 119 Å². The molecule has 0 radical (unpaired) electrons. The van der Waals surface area contributed by atoms with Crippen molar-refractivity contribution in [2.45, 2.75) is 70.4 Å². The number of ether oxygens (including phenoxy) is 7. The lowest BCUT2D eigenvalue weighted by Gasteiger charge is -2.35. The summed E-state index contributed by atoms with van der Waals surface area (Å²) in [5, 5.41) is 51.4. The van der Waals surface area contributed by atoms with Gasteiger partial charge in [-0.3, -0.25) is 0 Å². The minimum Gasteiger partial charge on any atom is -0.460 e. The molecule has 268 valence electrons. The number of aliphatic hydroxyl groups excluding tert-OH is 5. The van der Waals surface area contributed by atoms with Gasteiger partial charge in [0.2, 0.25) is 0 Å². The van der Waals surface area contributed by atoms with Crippen LogP contribution in [-0.2, 0) is 52.3 Å². The number of carbonyl (C=O) groups is 4. The third-order valence-corrected chi connectivity index (χ3v) is 5.69. The van der Waals surface area contributed by atoms with Crippen LogP contribution in [0.25, 0.3) is 0 Å². The summed E-state index contributed by atoms with van der Waals surface area (Å²) in [7, 11) is 0. The van der Waals surface area contributed by atoms with Crippen molar-refractivity contribution in [2.75, 3.05) is 52.9 Å². The maximum absolute atomic E-state index is 12.5. The van der Waals surface area contributed by atoms with Crippen molar-refractivity contribution < 1.29 is 77.9 Å². The van der Waals surface area contributed by atoms with Gasteiger partial charge in [0.05, 0.1) is 33.0 Å². The van der Waals surface area contributed by atoms with E-state index in [9.17, 15) is 44.7 Å². The molecule has 7 unspecified atom stereocenters. The minimum atomic E-state index is -1.79. The van der Waals surface area contributed by atoms with Crippen LogP contribution >= 0.6 is 0 Å². The Morgan fingerprint density at radius 3 is 1.30 bits per heavy atom. The topological polar surface area (TPSA) is 234 Å². The lowest BCUT2D eigenvalue weighted by atomic mass is 10.0. The lowest BCUT2D eigenvalue weighted by molar-refractivity contribution is -0.202. The summed E-state index contributed by atoms with van der Waals surface area (Å²) in [6, 6.07) is 0. The normalized spacial score (nSPS) is 15.5. The van der Waals surface area contributed by atoms with E-state index in [1.54, 1.807) is 0 Å². The molecule has 16 nitrogen and oxygen atoms in total. The van der Waals surface area contributed by atoms with Gasteiger partial charge >= 0.3 is 23.9 Å². The Labute approximate surface area is 273 Å². The summed E-state index contributed by atoms with van der Waals surface area (Å²) >= 11 is 0. The Balaban J connectivity index is 6.19. The first-order valence-corrected chi connectivity index (χ1v) is 14.4. The molecule has 0 rings (SSSR count). The molecule has 0 fully saturated rings. The molecular formula is C31H48O16. The summed E-state index contributed by atoms with van der Waals surface area (Å²) < 4.78 is 37.1. The highest BCUT2D eigenvalue weighted by molar-refractivity contribution is 5.88. The van der Waals surface area contributed by atoms with Crippen LogP contribution in [0.5, 0.6) is 0 Å². The quantitative estimate of drug-likeness (QED) is 0.0446. The predicted molar refractivity (Wildman–Crippen MR) is 163 cm³/mol. The number of hydrogen-bond acceptors (Lipinski definition) is 16. The largest absolute Gasteiger partial charge is 0.460 e. The fourth-order valence-corrected chi connectivity index (χ4v) is 3.15. The smallest absolute Gasteiger partial charge is 0.333 e. The number of carbonyl (C=O) groups excluding carboxylic acids is 4. The van der Waals surface area contributed by atoms with Gasteiger partial charge in [-0.05, 0) is 27.7 Å². The van der Waals surface area contributed by atoms with E-state index in [4.69, 9.17) is 33.2 Å². The Bertz CT molecular complexity index is 1090. The highest BCUT2D eigenvalue weighted by Crippen LogP contribution is 2.19. The van der Waals surface area contributed by atoms with Gasteiger partial charge in [-0.15, -0.1) is 0 Å². The molecule has 5 N–H and O–H groups in total. The molecule has 0 heterocycles. The van der Waals surface area contributed by atoms with Crippen molar-refractivity contribution in [2.24, 2.45) is 0 Å². The van der Waals surface area contributed by atoms with Crippen LogP contribution < -0.4 is 0 Å². The van der Waals surface area contributed by atoms with Crippen LogP contribution in [-0.4, -0.2) is 145 Å². The molecule has 0 saturated heterocycles. The molecule has 0 aromatic rings. The predicted octanol–water partition coefficient (Wildman–Crippen LogP) is -0.945. The summed E-state index contributed by atoms with van der Waals surface area (Å²) in [4.78, 5) is 47.6. The van der Waals surface area contributed by atoms with E-state index in [1.165, 1.54) is 27.7 Å². The fraction of sp³-hybridized carbons (Fsp3) is 0.613. The van der Waals surface area contributed by atoms with Crippen LogP contribution in [0, 0.1) is 0 Å².